The van der Waals surface area contributed by atoms with E-state index < -0.39 is 0 Å². The van der Waals surface area contributed by atoms with Gasteiger partial charge in [-0.15, -0.1) is 0 Å². The molecule has 0 aromatic rings. The Labute approximate surface area is 329 Å². The van der Waals surface area contributed by atoms with Gasteiger partial charge in [-0.1, -0.05) is 152 Å². The fourth-order valence-corrected chi connectivity index (χ4v) is 6.86. The lowest BCUT2D eigenvalue weighted by Gasteiger charge is -2.21. The zero-order chi connectivity index (χ0) is 39.9. The molecule has 2 unspecified atom stereocenters. The van der Waals surface area contributed by atoms with E-state index in [1.807, 2.05) is 7.05 Å². The van der Waals surface area contributed by atoms with Gasteiger partial charge in [-0.3, -0.25) is 19.3 Å². The van der Waals surface area contributed by atoms with Crippen LogP contribution in [0.1, 0.15) is 204 Å². The van der Waals surface area contributed by atoms with Crippen LogP contribution >= 0.6 is 0 Å². The van der Waals surface area contributed by atoms with Crippen molar-refractivity contribution in [3.05, 3.63) is 0 Å². The molecule has 0 aromatic carbocycles. The predicted octanol–water partition coefficient (Wildman–Crippen LogP) is 11.9. The van der Waals surface area contributed by atoms with E-state index in [2.05, 4.69) is 72.5 Å². The van der Waals surface area contributed by atoms with Crippen molar-refractivity contribution in [1.29, 1.82) is 0 Å². The minimum absolute atomic E-state index is 0.0321. The number of ether oxygens (including phenoxy) is 2. The third-order valence-electron chi connectivity index (χ3n) is 11.2. The van der Waals surface area contributed by atoms with Gasteiger partial charge in [-0.2, -0.15) is 0 Å². The molecule has 2 atom stereocenters. The maximum Gasteiger partial charge on any atom is 0.305 e. The lowest BCUT2D eigenvalue weighted by atomic mass is 9.89. The average molecular weight is 751 g/mol. The second kappa shape index (κ2) is 33.7. The van der Waals surface area contributed by atoms with Crippen molar-refractivity contribution in [2.45, 2.75) is 210 Å². The summed E-state index contributed by atoms with van der Waals surface area (Å²) in [6, 6.07) is 0.256. The first-order valence-electron chi connectivity index (χ1n) is 22.5. The number of hydrogen-bond acceptors (Lipinski definition) is 6. The van der Waals surface area contributed by atoms with Crippen molar-refractivity contribution in [2.75, 3.05) is 33.4 Å². The van der Waals surface area contributed by atoms with Gasteiger partial charge < -0.3 is 14.8 Å². The standard InChI is InChI=1S/C46H90N2O5/c1-11-48(10)34-44(49)47-43(26-22-18-14-12-16-20-24-28-45(50)52-35-41(39(6)7)32-30-37(2)3)27-23-19-15-13-17-21-25-29-46(51)53-36-42(40(8)9)33-31-38(4)5/h37-43H,11-36H2,1-10H3,(H,47,49). The van der Waals surface area contributed by atoms with Crippen LogP contribution in [-0.2, 0) is 23.9 Å². The second-order valence-electron chi connectivity index (χ2n) is 17.9. The highest BCUT2D eigenvalue weighted by Crippen LogP contribution is 2.22. The van der Waals surface area contributed by atoms with Gasteiger partial charge in [0.15, 0.2) is 0 Å². The van der Waals surface area contributed by atoms with E-state index in [4.69, 9.17) is 9.47 Å². The Bertz CT molecular complexity index is 831. The van der Waals surface area contributed by atoms with Gasteiger partial charge in [0, 0.05) is 18.9 Å². The van der Waals surface area contributed by atoms with E-state index in [-0.39, 0.29) is 23.9 Å². The van der Waals surface area contributed by atoms with Crippen molar-refractivity contribution < 1.29 is 23.9 Å². The first kappa shape index (κ1) is 51.4. The van der Waals surface area contributed by atoms with Gasteiger partial charge in [0.2, 0.25) is 5.91 Å². The normalized spacial score (nSPS) is 13.6. The second-order valence-corrected chi connectivity index (χ2v) is 17.9. The van der Waals surface area contributed by atoms with Gasteiger partial charge in [0.1, 0.15) is 0 Å². The number of nitrogens with one attached hydrogen (secondary N) is 1. The molecule has 1 amide bonds. The number of likely N-dealkylation sites (N-methyl/N-ethyl adjacent to an activating group) is 1. The van der Waals surface area contributed by atoms with Crippen LogP contribution in [0.4, 0.5) is 0 Å². The topological polar surface area (TPSA) is 84.9 Å². The van der Waals surface area contributed by atoms with Crippen molar-refractivity contribution in [3.8, 4) is 0 Å². The smallest absolute Gasteiger partial charge is 0.305 e. The summed E-state index contributed by atoms with van der Waals surface area (Å²) in [5, 5.41) is 3.34. The highest BCUT2D eigenvalue weighted by molar-refractivity contribution is 5.78. The van der Waals surface area contributed by atoms with Gasteiger partial charge in [0.25, 0.3) is 0 Å². The SMILES string of the molecule is CCN(C)CC(=O)NC(CCCCCCCCCC(=O)OCC(CCC(C)C)C(C)C)CCCCCCCCCC(=O)OCC(CCC(C)C)C(C)C. The average Bonchev–Trinajstić information content (AvgIpc) is 3.09. The molecule has 0 aromatic heterocycles. The van der Waals surface area contributed by atoms with Crippen LogP contribution in [0.15, 0.2) is 0 Å². The molecule has 1 N–H and O–H groups in total. The van der Waals surface area contributed by atoms with Gasteiger partial charge in [-0.05, 0) is 87.6 Å². The van der Waals surface area contributed by atoms with Crippen LogP contribution < -0.4 is 5.32 Å². The molecule has 0 aliphatic heterocycles. The van der Waals surface area contributed by atoms with Crippen LogP contribution in [0.25, 0.3) is 0 Å². The number of esters is 2. The van der Waals surface area contributed by atoms with Crippen LogP contribution in [0.2, 0.25) is 0 Å². The van der Waals surface area contributed by atoms with E-state index in [1.165, 1.54) is 64.2 Å². The number of hydrogen-bond donors (Lipinski definition) is 1. The Hall–Kier alpha value is -1.63. The Morgan fingerprint density at radius 2 is 0.868 bits per heavy atom. The van der Waals surface area contributed by atoms with Gasteiger partial charge in [0.05, 0.1) is 19.8 Å². The number of carbonyl (C=O) groups is 3. The molecule has 7 nitrogen and oxygen atoms in total. The number of rotatable bonds is 36. The Morgan fingerprint density at radius 3 is 1.21 bits per heavy atom. The molecule has 53 heavy (non-hydrogen) atoms. The molecule has 0 bridgehead atoms. The number of nitrogens with zero attached hydrogens (tertiary/aromatic N) is 1. The van der Waals surface area contributed by atoms with E-state index in [0.717, 1.165) is 70.8 Å². The summed E-state index contributed by atoms with van der Waals surface area (Å²) >= 11 is 0. The molecule has 0 aliphatic carbocycles. The summed E-state index contributed by atoms with van der Waals surface area (Å²) in [5.74, 6) is 3.46. The summed E-state index contributed by atoms with van der Waals surface area (Å²) in [6.45, 7) is 22.5. The van der Waals surface area contributed by atoms with Crippen LogP contribution in [0.3, 0.4) is 0 Å². The molecular formula is C46H90N2O5. The van der Waals surface area contributed by atoms with Crippen LogP contribution in [0, 0.1) is 35.5 Å². The molecule has 7 heteroatoms. The van der Waals surface area contributed by atoms with Crippen LogP contribution in [-0.4, -0.2) is 62.1 Å². The van der Waals surface area contributed by atoms with Gasteiger partial charge >= 0.3 is 11.9 Å². The highest BCUT2D eigenvalue weighted by Gasteiger charge is 2.18. The Balaban J connectivity index is 4.19. The van der Waals surface area contributed by atoms with Crippen molar-refractivity contribution >= 4 is 17.8 Å². The monoisotopic (exact) mass is 751 g/mol. The first-order valence-corrected chi connectivity index (χ1v) is 22.5. The number of unbranched alkanes of at least 4 members (excludes halogenated alkanes) is 12. The van der Waals surface area contributed by atoms with Crippen LogP contribution in [0.5, 0.6) is 0 Å². The zero-order valence-corrected chi connectivity index (χ0v) is 36.9. The molecule has 0 radical (unpaired) electrons. The lowest BCUT2D eigenvalue weighted by Crippen LogP contribution is -2.41. The van der Waals surface area contributed by atoms with Crippen molar-refractivity contribution in [1.82, 2.24) is 10.2 Å². The Kier molecular flexibility index (Phi) is 32.7. The maximum absolute atomic E-state index is 12.7. The molecule has 0 aliphatic rings. The fraction of sp³-hybridized carbons (Fsp3) is 0.935. The minimum Gasteiger partial charge on any atom is -0.465 e. The summed E-state index contributed by atoms with van der Waals surface area (Å²) in [4.78, 5) is 39.3. The number of amides is 1. The van der Waals surface area contributed by atoms with Crippen molar-refractivity contribution in [2.24, 2.45) is 35.5 Å². The summed E-state index contributed by atoms with van der Waals surface area (Å²) < 4.78 is 11.3. The predicted molar refractivity (Wildman–Crippen MR) is 225 cm³/mol. The summed E-state index contributed by atoms with van der Waals surface area (Å²) in [5.41, 5.74) is 0. The number of carbonyl (C=O) groups excluding carboxylic acids is 3. The summed E-state index contributed by atoms with van der Waals surface area (Å²) in [6.07, 6.45) is 23.7. The fourth-order valence-electron chi connectivity index (χ4n) is 6.86. The maximum atomic E-state index is 12.7. The Morgan fingerprint density at radius 1 is 0.509 bits per heavy atom. The third kappa shape index (κ3) is 32.3. The van der Waals surface area contributed by atoms with E-state index in [0.29, 0.717) is 68.1 Å². The molecular weight excluding hydrogens is 661 g/mol. The van der Waals surface area contributed by atoms with E-state index in [1.54, 1.807) is 0 Å². The molecule has 0 rings (SSSR count). The lowest BCUT2D eigenvalue weighted by molar-refractivity contribution is -0.146. The molecule has 314 valence electrons. The first-order chi connectivity index (χ1) is 25.2. The quantitative estimate of drug-likeness (QED) is 0.0507. The van der Waals surface area contributed by atoms with Gasteiger partial charge in [-0.25, -0.2) is 0 Å². The third-order valence-corrected chi connectivity index (χ3v) is 11.2. The highest BCUT2D eigenvalue weighted by atomic mass is 16.5. The van der Waals surface area contributed by atoms with E-state index >= 15 is 0 Å². The van der Waals surface area contributed by atoms with E-state index in [9.17, 15) is 14.4 Å². The molecule has 0 fully saturated rings. The molecule has 0 saturated heterocycles. The largest absolute Gasteiger partial charge is 0.465 e. The molecule has 0 heterocycles. The summed E-state index contributed by atoms with van der Waals surface area (Å²) in [7, 11) is 1.99. The molecule has 0 saturated carbocycles. The molecule has 0 spiro atoms. The zero-order valence-electron chi connectivity index (χ0n) is 36.9. The minimum atomic E-state index is -0.0321. The van der Waals surface area contributed by atoms with Crippen molar-refractivity contribution in [3.63, 3.8) is 0 Å².